The maximum Gasteiger partial charge on any atom is 0.0707 e. The van der Waals surface area contributed by atoms with Gasteiger partial charge in [0.25, 0.3) is 0 Å². The lowest BCUT2D eigenvalue weighted by molar-refractivity contribution is 1.57. The van der Waals surface area contributed by atoms with Crippen LogP contribution in [-0.2, 0) is 0 Å². The van der Waals surface area contributed by atoms with Gasteiger partial charge < -0.3 is 0 Å². The topological polar surface area (TPSA) is 0 Å². The zero-order valence-electron chi connectivity index (χ0n) is 4.00. The zero-order chi connectivity index (χ0) is 6.31. The minimum absolute atomic E-state index is 1.07. The predicted octanol–water partition coefficient (Wildman–Crippen LogP) is -0.903. The summed E-state index contributed by atoms with van der Waals surface area (Å²) in [5.41, 5.74) is 0. The molecule has 1 rings (SSSR count). The van der Waals surface area contributed by atoms with Crippen LogP contribution in [0.3, 0.4) is 0 Å². The quantitative estimate of drug-likeness (QED) is 0.403. The van der Waals surface area contributed by atoms with Crippen LogP contribution in [0.4, 0.5) is 0 Å². The lowest BCUT2D eigenvalue weighted by atomic mass is 10.2. The molecule has 0 spiro atoms. The molecule has 0 aromatic heterocycles. The van der Waals surface area contributed by atoms with Crippen molar-refractivity contribution >= 4 is 41.0 Å². The van der Waals surface area contributed by atoms with E-state index in [2.05, 4.69) is 41.0 Å². The normalized spacial score (nSPS) is 19.5. The summed E-state index contributed by atoms with van der Waals surface area (Å²) in [6.45, 7) is 0. The highest BCUT2D eigenvalue weighted by Gasteiger charge is 2.13. The third kappa shape index (κ3) is 0.679. The smallest absolute Gasteiger partial charge is 0.0707 e. The second-order valence-corrected chi connectivity index (χ2v) is 3.50. The van der Waals surface area contributed by atoms with Gasteiger partial charge in [0.05, 0.1) is 41.0 Å². The van der Waals surface area contributed by atoms with Crippen molar-refractivity contribution in [3.8, 4) is 0 Å². The summed E-state index contributed by atoms with van der Waals surface area (Å²) in [4.78, 5) is 0. The Morgan fingerprint density at radius 2 is 0.625 bits per heavy atom. The first-order chi connectivity index (χ1) is 3.64. The molecule has 0 aromatic carbocycles. The molecule has 0 heterocycles. The van der Waals surface area contributed by atoms with Gasteiger partial charge >= 0.3 is 0 Å². The first kappa shape index (κ1) is 6.47. The number of hydrogen-bond acceptors (Lipinski definition) is 0. The Bertz CT molecular complexity index is 135. The maximum atomic E-state index is 3.37. The van der Waals surface area contributed by atoms with Gasteiger partial charge in [-0.15, -0.1) is 0 Å². The molecular weight excluding hydrogens is 160 g/mol. The Morgan fingerprint density at radius 3 is 0.750 bits per heavy atom. The van der Waals surface area contributed by atoms with Crippen molar-refractivity contribution in [3.63, 3.8) is 0 Å². The molecule has 0 atom stereocenters. The molecule has 0 N–H and O–H groups in total. The van der Waals surface area contributed by atoms with Gasteiger partial charge in [0.1, 0.15) is 0 Å². The largest absolute Gasteiger partial charge is 0.0707 e. The van der Waals surface area contributed by atoms with Crippen LogP contribution in [0.5, 0.6) is 0 Å². The number of hydrogen-bond donors (Lipinski definition) is 0. The summed E-state index contributed by atoms with van der Waals surface area (Å²) in [5.74, 6) is 0. The van der Waals surface area contributed by atoms with E-state index in [1.54, 1.807) is 0 Å². The Morgan fingerprint density at radius 1 is 0.500 bits per heavy atom. The summed E-state index contributed by atoms with van der Waals surface area (Å²) in [6.07, 6.45) is 0. The van der Waals surface area contributed by atoms with E-state index in [0.29, 0.717) is 0 Å². The highest BCUT2D eigenvalue weighted by atomic mass is 28.2. The lowest BCUT2D eigenvalue weighted by Gasteiger charge is -2.21. The van der Waals surface area contributed by atoms with Crippen LogP contribution in [0.1, 0.15) is 0 Å². The Hall–Kier alpha value is 0.348. The van der Waals surface area contributed by atoms with E-state index in [-0.39, 0.29) is 0 Å². The second-order valence-electron chi connectivity index (χ2n) is 1.50. The molecule has 12 radical (unpaired) electrons. The van der Waals surface area contributed by atoms with Gasteiger partial charge in [-0.2, -0.15) is 0 Å². The zero-order valence-corrected chi connectivity index (χ0v) is 8.00. The van der Waals surface area contributed by atoms with E-state index in [0.717, 1.165) is 20.8 Å². The monoisotopic (exact) mass is 160 g/mol. The van der Waals surface area contributed by atoms with Crippen molar-refractivity contribution in [2.45, 2.75) is 0 Å². The molecule has 0 aromatic rings. The maximum absolute atomic E-state index is 3.37. The van der Waals surface area contributed by atoms with Crippen molar-refractivity contribution < 1.29 is 0 Å². The van der Waals surface area contributed by atoms with Crippen molar-refractivity contribution in [1.82, 2.24) is 0 Å². The van der Waals surface area contributed by atoms with Gasteiger partial charge in [-0.1, -0.05) is 20.8 Å². The molecular formula is C4Si4. The Labute approximate surface area is 62.1 Å². The van der Waals surface area contributed by atoms with Crippen LogP contribution in [0.25, 0.3) is 0 Å². The van der Waals surface area contributed by atoms with Crippen LogP contribution in [0.2, 0.25) is 0 Å². The van der Waals surface area contributed by atoms with Crippen LogP contribution >= 0.6 is 0 Å². The third-order valence-corrected chi connectivity index (χ3v) is 4.00. The molecule has 0 saturated heterocycles. The van der Waals surface area contributed by atoms with E-state index in [9.17, 15) is 0 Å². The summed E-state index contributed by atoms with van der Waals surface area (Å²) < 4.78 is 0. The van der Waals surface area contributed by atoms with Gasteiger partial charge in [0, 0.05) is 0 Å². The molecule has 0 nitrogen and oxygen atoms in total. The molecule has 0 aliphatic heterocycles. The lowest BCUT2D eigenvalue weighted by Crippen LogP contribution is -2.12. The minimum Gasteiger partial charge on any atom is -0.0707 e. The van der Waals surface area contributed by atoms with E-state index in [1.165, 1.54) is 0 Å². The van der Waals surface area contributed by atoms with Gasteiger partial charge in [-0.05, 0) is 0 Å². The average Bonchev–Trinajstić information content (AvgIpc) is 1.83. The molecule has 0 fully saturated rings. The summed E-state index contributed by atoms with van der Waals surface area (Å²) in [6, 6.07) is 0. The van der Waals surface area contributed by atoms with E-state index < -0.39 is 0 Å². The van der Waals surface area contributed by atoms with Gasteiger partial charge in [0.2, 0.25) is 0 Å². The standard InChI is InChI=1S/C4Si4/c5-1-2(6)4(8)3(1)7. The Balaban J connectivity index is 2.86. The first-order valence-corrected chi connectivity index (χ1v) is 4.00. The average molecular weight is 160 g/mol. The fourth-order valence-electron chi connectivity index (χ4n) is 0.438. The van der Waals surface area contributed by atoms with E-state index in [1.807, 2.05) is 0 Å². The third-order valence-electron chi connectivity index (χ3n) is 1.00. The molecule has 32 valence electrons. The van der Waals surface area contributed by atoms with Crippen LogP contribution in [0.15, 0.2) is 20.8 Å². The van der Waals surface area contributed by atoms with E-state index >= 15 is 0 Å². The summed E-state index contributed by atoms with van der Waals surface area (Å²) in [7, 11) is 13.5. The second kappa shape index (κ2) is 1.94. The minimum atomic E-state index is 1.07. The van der Waals surface area contributed by atoms with Gasteiger partial charge in [-0.25, -0.2) is 0 Å². The van der Waals surface area contributed by atoms with Crippen molar-refractivity contribution in [3.05, 3.63) is 20.8 Å². The van der Waals surface area contributed by atoms with Crippen molar-refractivity contribution in [2.24, 2.45) is 0 Å². The van der Waals surface area contributed by atoms with Crippen molar-refractivity contribution in [2.75, 3.05) is 0 Å². The molecule has 0 bridgehead atoms. The summed E-state index contributed by atoms with van der Waals surface area (Å²) in [5, 5.41) is 4.29. The van der Waals surface area contributed by atoms with Crippen LogP contribution in [0, 0.1) is 0 Å². The van der Waals surface area contributed by atoms with E-state index in [4.69, 9.17) is 0 Å². The first-order valence-electron chi connectivity index (χ1n) is 2.00. The fourth-order valence-corrected chi connectivity index (χ4v) is 1.94. The fraction of sp³-hybridized carbons (Fsp3) is 0. The SMILES string of the molecule is [Si]C1=C([Si])C([Si])=C1[Si]. The number of allylic oxidation sites excluding steroid dienone is 4. The van der Waals surface area contributed by atoms with Gasteiger partial charge in [0.15, 0.2) is 0 Å². The van der Waals surface area contributed by atoms with Gasteiger partial charge in [-0.3, -0.25) is 0 Å². The molecule has 0 saturated carbocycles. The summed E-state index contributed by atoms with van der Waals surface area (Å²) >= 11 is 0. The highest BCUT2D eigenvalue weighted by Crippen LogP contribution is 2.25. The molecule has 0 unspecified atom stereocenters. The number of rotatable bonds is 0. The molecule has 1 aliphatic carbocycles. The van der Waals surface area contributed by atoms with Crippen molar-refractivity contribution in [1.29, 1.82) is 0 Å². The predicted molar refractivity (Wildman–Crippen MR) is 37.1 cm³/mol. The Kier molecular flexibility index (Phi) is 1.57. The molecule has 8 heavy (non-hydrogen) atoms. The molecule has 1 aliphatic rings. The van der Waals surface area contributed by atoms with Crippen LogP contribution in [-0.4, -0.2) is 41.0 Å². The highest BCUT2D eigenvalue weighted by molar-refractivity contribution is 6.53. The molecule has 0 amide bonds. The van der Waals surface area contributed by atoms with Crippen LogP contribution < -0.4 is 0 Å². The molecule has 4 heteroatoms.